The molecule has 5 nitrogen and oxygen atoms in total. The van der Waals surface area contributed by atoms with Crippen molar-refractivity contribution < 1.29 is 9.53 Å². The van der Waals surface area contributed by atoms with Crippen LogP contribution in [0, 0.1) is 13.8 Å². The SMILES string of the molecule is Cc1ccc(COc2ccccc2[C@H]2CC(=O)Nc3n[nH]c(C)c32)cc1. The van der Waals surface area contributed by atoms with E-state index in [1.165, 1.54) is 5.56 Å². The monoisotopic (exact) mass is 347 g/mol. The summed E-state index contributed by atoms with van der Waals surface area (Å²) in [6.45, 7) is 4.54. The molecule has 2 heterocycles. The molecule has 3 aromatic rings. The van der Waals surface area contributed by atoms with Crippen molar-refractivity contribution in [2.75, 3.05) is 5.32 Å². The highest BCUT2D eigenvalue weighted by Crippen LogP contribution is 2.41. The highest BCUT2D eigenvalue weighted by molar-refractivity contribution is 5.94. The fourth-order valence-electron chi connectivity index (χ4n) is 3.44. The van der Waals surface area contributed by atoms with Gasteiger partial charge in [0.2, 0.25) is 5.91 Å². The summed E-state index contributed by atoms with van der Waals surface area (Å²) >= 11 is 0. The first-order valence-electron chi connectivity index (χ1n) is 8.74. The van der Waals surface area contributed by atoms with Crippen molar-refractivity contribution in [2.24, 2.45) is 0 Å². The molecule has 0 aliphatic carbocycles. The van der Waals surface area contributed by atoms with Gasteiger partial charge in [-0.3, -0.25) is 9.89 Å². The topological polar surface area (TPSA) is 67.0 Å². The second kappa shape index (κ2) is 6.67. The number of carbonyl (C=O) groups is 1. The molecule has 1 atom stereocenters. The number of H-pyrrole nitrogens is 1. The van der Waals surface area contributed by atoms with Crippen LogP contribution in [-0.2, 0) is 11.4 Å². The van der Waals surface area contributed by atoms with Crippen LogP contribution in [0.3, 0.4) is 0 Å². The van der Waals surface area contributed by atoms with Crippen LogP contribution in [0.15, 0.2) is 48.5 Å². The van der Waals surface area contributed by atoms with Crippen molar-refractivity contribution in [3.05, 3.63) is 76.5 Å². The Morgan fingerprint density at radius 1 is 1.12 bits per heavy atom. The average molecular weight is 347 g/mol. The molecular weight excluding hydrogens is 326 g/mol. The minimum absolute atomic E-state index is 0.0256. The van der Waals surface area contributed by atoms with E-state index in [9.17, 15) is 4.79 Å². The molecule has 1 aliphatic rings. The van der Waals surface area contributed by atoms with Gasteiger partial charge in [-0.2, -0.15) is 5.10 Å². The summed E-state index contributed by atoms with van der Waals surface area (Å²) in [6.07, 6.45) is 0.387. The molecule has 1 aliphatic heterocycles. The molecule has 0 spiro atoms. The van der Waals surface area contributed by atoms with Gasteiger partial charge in [0.1, 0.15) is 12.4 Å². The zero-order valence-electron chi connectivity index (χ0n) is 14.9. The Hall–Kier alpha value is -3.08. The van der Waals surface area contributed by atoms with E-state index < -0.39 is 0 Å². The quantitative estimate of drug-likeness (QED) is 0.747. The van der Waals surface area contributed by atoms with Crippen LogP contribution < -0.4 is 10.1 Å². The van der Waals surface area contributed by atoms with Crippen LogP contribution in [0.1, 0.15) is 40.3 Å². The first-order chi connectivity index (χ1) is 12.6. The van der Waals surface area contributed by atoms with E-state index in [1.807, 2.05) is 31.2 Å². The van der Waals surface area contributed by atoms with Crippen molar-refractivity contribution in [1.82, 2.24) is 10.2 Å². The second-order valence-electron chi connectivity index (χ2n) is 6.73. The number of para-hydroxylation sites is 1. The first-order valence-corrected chi connectivity index (χ1v) is 8.74. The smallest absolute Gasteiger partial charge is 0.226 e. The van der Waals surface area contributed by atoms with Gasteiger partial charge in [-0.15, -0.1) is 0 Å². The van der Waals surface area contributed by atoms with Gasteiger partial charge in [-0.25, -0.2) is 0 Å². The van der Waals surface area contributed by atoms with E-state index >= 15 is 0 Å². The molecule has 0 bridgehead atoms. The standard InChI is InChI=1S/C21H21N3O2/c1-13-7-9-15(10-8-13)12-26-18-6-4-3-5-16(18)17-11-19(25)22-21-20(17)14(2)23-24-21/h3-10,17H,11-12H2,1-2H3,(H2,22,23,24,25)/t17-/m1/s1. The van der Waals surface area contributed by atoms with Crippen LogP contribution >= 0.6 is 0 Å². The number of rotatable bonds is 4. The molecule has 0 unspecified atom stereocenters. The van der Waals surface area contributed by atoms with Crippen LogP contribution in [0.2, 0.25) is 0 Å². The van der Waals surface area contributed by atoms with E-state index in [2.05, 4.69) is 46.7 Å². The Labute approximate surface area is 152 Å². The minimum Gasteiger partial charge on any atom is -0.489 e. The number of hydrogen-bond acceptors (Lipinski definition) is 3. The molecule has 0 fully saturated rings. The predicted molar refractivity (Wildman–Crippen MR) is 100 cm³/mol. The Morgan fingerprint density at radius 3 is 2.69 bits per heavy atom. The van der Waals surface area contributed by atoms with Gasteiger partial charge in [-0.1, -0.05) is 48.0 Å². The van der Waals surface area contributed by atoms with E-state index in [4.69, 9.17) is 4.74 Å². The van der Waals surface area contributed by atoms with Gasteiger partial charge in [0, 0.05) is 29.2 Å². The number of hydrogen-bond donors (Lipinski definition) is 2. The largest absolute Gasteiger partial charge is 0.489 e. The molecule has 1 aromatic heterocycles. The zero-order valence-corrected chi connectivity index (χ0v) is 14.9. The normalized spacial score (nSPS) is 16.1. The Bertz CT molecular complexity index is 944. The lowest BCUT2D eigenvalue weighted by Gasteiger charge is -2.25. The molecule has 0 saturated heterocycles. The molecular formula is C21H21N3O2. The lowest BCUT2D eigenvalue weighted by molar-refractivity contribution is -0.116. The third kappa shape index (κ3) is 3.08. The number of ether oxygens (including phenoxy) is 1. The fourth-order valence-corrected chi connectivity index (χ4v) is 3.44. The number of carbonyl (C=O) groups excluding carboxylic acids is 1. The van der Waals surface area contributed by atoms with Crippen molar-refractivity contribution in [3.63, 3.8) is 0 Å². The summed E-state index contributed by atoms with van der Waals surface area (Å²) in [5.41, 5.74) is 5.37. The van der Waals surface area contributed by atoms with Gasteiger partial charge in [0.05, 0.1) is 0 Å². The summed E-state index contributed by atoms with van der Waals surface area (Å²) in [5, 5.41) is 10.0. The van der Waals surface area contributed by atoms with Crippen LogP contribution in [0.25, 0.3) is 0 Å². The molecule has 26 heavy (non-hydrogen) atoms. The van der Waals surface area contributed by atoms with Crippen molar-refractivity contribution in [3.8, 4) is 5.75 Å². The van der Waals surface area contributed by atoms with E-state index in [-0.39, 0.29) is 11.8 Å². The summed E-state index contributed by atoms with van der Waals surface area (Å²) in [5.74, 6) is 1.34. The van der Waals surface area contributed by atoms with Gasteiger partial charge in [0.25, 0.3) is 0 Å². The maximum Gasteiger partial charge on any atom is 0.226 e. The average Bonchev–Trinajstić information content (AvgIpc) is 3.01. The minimum atomic E-state index is -0.0632. The summed E-state index contributed by atoms with van der Waals surface area (Å²) in [7, 11) is 0. The Morgan fingerprint density at radius 2 is 1.88 bits per heavy atom. The second-order valence-corrected chi connectivity index (χ2v) is 6.73. The van der Waals surface area contributed by atoms with Gasteiger partial charge in [-0.05, 0) is 25.5 Å². The van der Waals surface area contributed by atoms with Gasteiger partial charge < -0.3 is 10.1 Å². The van der Waals surface area contributed by atoms with Crippen molar-refractivity contribution in [1.29, 1.82) is 0 Å². The predicted octanol–water partition coefficient (Wildman–Crippen LogP) is 4.08. The third-order valence-corrected chi connectivity index (χ3v) is 4.80. The maximum absolute atomic E-state index is 12.1. The van der Waals surface area contributed by atoms with E-state index in [1.54, 1.807) is 0 Å². The summed E-state index contributed by atoms with van der Waals surface area (Å²) in [6, 6.07) is 16.2. The Balaban J connectivity index is 1.65. The fraction of sp³-hybridized carbons (Fsp3) is 0.238. The number of fused-ring (bicyclic) bond motifs is 1. The molecule has 2 aromatic carbocycles. The molecule has 0 saturated carbocycles. The molecule has 5 heteroatoms. The molecule has 4 rings (SSSR count). The first kappa shape index (κ1) is 16.4. The summed E-state index contributed by atoms with van der Waals surface area (Å²) < 4.78 is 6.12. The van der Waals surface area contributed by atoms with E-state index in [0.717, 1.165) is 28.1 Å². The number of nitrogens with zero attached hydrogens (tertiary/aromatic N) is 1. The highest BCUT2D eigenvalue weighted by atomic mass is 16.5. The van der Waals surface area contributed by atoms with Crippen molar-refractivity contribution in [2.45, 2.75) is 32.8 Å². The highest BCUT2D eigenvalue weighted by Gasteiger charge is 2.32. The number of benzene rings is 2. The molecule has 1 amide bonds. The molecule has 132 valence electrons. The number of amides is 1. The lowest BCUT2D eigenvalue weighted by atomic mass is 9.85. The van der Waals surface area contributed by atoms with Gasteiger partial charge in [0.15, 0.2) is 5.82 Å². The van der Waals surface area contributed by atoms with E-state index in [0.29, 0.717) is 18.8 Å². The summed E-state index contributed by atoms with van der Waals surface area (Å²) in [4.78, 5) is 12.1. The molecule has 0 radical (unpaired) electrons. The van der Waals surface area contributed by atoms with Crippen LogP contribution in [0.4, 0.5) is 5.82 Å². The van der Waals surface area contributed by atoms with Crippen LogP contribution in [0.5, 0.6) is 5.75 Å². The Kier molecular flexibility index (Phi) is 4.21. The zero-order chi connectivity index (χ0) is 18.1. The number of aryl methyl sites for hydroxylation is 2. The lowest BCUT2D eigenvalue weighted by Crippen LogP contribution is -2.23. The van der Waals surface area contributed by atoms with Crippen molar-refractivity contribution >= 4 is 11.7 Å². The number of nitrogens with one attached hydrogen (secondary N) is 2. The number of anilines is 1. The number of aromatic amines is 1. The molecule has 2 N–H and O–H groups in total. The maximum atomic E-state index is 12.1. The van der Waals surface area contributed by atoms with Crippen LogP contribution in [-0.4, -0.2) is 16.1 Å². The van der Waals surface area contributed by atoms with Gasteiger partial charge >= 0.3 is 0 Å². The third-order valence-electron chi connectivity index (χ3n) is 4.80. The number of aromatic nitrogens is 2.